The molecule has 5 rings (SSSR count). The predicted octanol–water partition coefficient (Wildman–Crippen LogP) is 3.71. The second kappa shape index (κ2) is 8.49. The van der Waals surface area contributed by atoms with Gasteiger partial charge in [-0.3, -0.25) is 9.59 Å². The highest BCUT2D eigenvalue weighted by atomic mass is 16.5. The topological polar surface area (TPSA) is 59.1 Å². The smallest absolute Gasteiger partial charge is 0.253 e. The Morgan fingerprint density at radius 3 is 1.62 bits per heavy atom. The molecule has 0 radical (unpaired) electrons. The molecule has 6 heteroatoms. The van der Waals surface area contributed by atoms with Crippen molar-refractivity contribution in [1.82, 2.24) is 9.80 Å². The van der Waals surface area contributed by atoms with Gasteiger partial charge in [-0.15, -0.1) is 0 Å². The van der Waals surface area contributed by atoms with Gasteiger partial charge in [-0.05, 0) is 60.4 Å². The van der Waals surface area contributed by atoms with Gasteiger partial charge in [-0.1, -0.05) is 12.8 Å². The normalized spacial score (nSPS) is 21.2. The summed E-state index contributed by atoms with van der Waals surface area (Å²) >= 11 is 0. The zero-order valence-corrected chi connectivity index (χ0v) is 18.8. The van der Waals surface area contributed by atoms with E-state index in [4.69, 9.17) is 9.47 Å². The van der Waals surface area contributed by atoms with Gasteiger partial charge in [0, 0.05) is 38.1 Å². The van der Waals surface area contributed by atoms with Crippen LogP contribution in [0.2, 0.25) is 0 Å². The van der Waals surface area contributed by atoms with Gasteiger partial charge in [-0.2, -0.15) is 0 Å². The number of carbonyl (C=O) groups is 2. The first-order valence-corrected chi connectivity index (χ1v) is 11.6. The van der Waals surface area contributed by atoms with Crippen molar-refractivity contribution in [2.45, 2.75) is 50.6 Å². The monoisotopic (exact) mass is 434 g/mol. The summed E-state index contributed by atoms with van der Waals surface area (Å²) in [5.41, 5.74) is 3.57. The van der Waals surface area contributed by atoms with Crippen LogP contribution in [0.3, 0.4) is 0 Å². The number of nitrogens with zero attached hydrogens (tertiary/aromatic N) is 2. The molecule has 2 heterocycles. The first-order chi connectivity index (χ1) is 15.5. The SMILES string of the molecule is CN(C(=O)c1ccc2c(c1)CCO2)[C@H]1CCCC[C@@H]1N(C)C(=O)c1ccc2c(c1)CCO2. The van der Waals surface area contributed by atoms with Gasteiger partial charge >= 0.3 is 0 Å². The molecular formula is C26H30N2O4. The molecule has 2 aromatic carbocycles. The molecule has 2 amide bonds. The van der Waals surface area contributed by atoms with Gasteiger partial charge in [0.15, 0.2) is 0 Å². The molecular weight excluding hydrogens is 404 g/mol. The molecule has 0 bridgehead atoms. The van der Waals surface area contributed by atoms with Crippen LogP contribution in [-0.4, -0.2) is 61.0 Å². The zero-order chi connectivity index (χ0) is 22.2. The summed E-state index contributed by atoms with van der Waals surface area (Å²) in [6, 6.07) is 11.4. The number of amides is 2. The van der Waals surface area contributed by atoms with Crippen molar-refractivity contribution < 1.29 is 19.1 Å². The van der Waals surface area contributed by atoms with E-state index in [1.54, 1.807) is 0 Å². The van der Waals surface area contributed by atoms with Crippen molar-refractivity contribution in [3.63, 3.8) is 0 Å². The van der Waals surface area contributed by atoms with Crippen molar-refractivity contribution in [3.8, 4) is 11.5 Å². The third-order valence-corrected chi connectivity index (χ3v) is 7.20. The standard InChI is InChI=1S/C26H30N2O4/c1-27(25(29)19-7-9-23-17(15-19)11-13-31-23)21-5-3-4-6-22(21)28(2)26(30)20-8-10-24-18(16-20)12-14-32-24/h7-10,15-16,21-22H,3-6,11-14H2,1-2H3/t21-,22-/m0/s1. The Balaban J connectivity index is 1.34. The summed E-state index contributed by atoms with van der Waals surface area (Å²) in [7, 11) is 3.75. The fourth-order valence-corrected chi connectivity index (χ4v) is 5.34. The molecule has 1 saturated carbocycles. The largest absolute Gasteiger partial charge is 0.493 e. The van der Waals surface area contributed by atoms with Crippen LogP contribution in [0, 0.1) is 0 Å². The lowest BCUT2D eigenvalue weighted by atomic mass is 9.87. The summed E-state index contributed by atoms with van der Waals surface area (Å²) < 4.78 is 11.2. The average molecular weight is 435 g/mol. The number of ether oxygens (including phenoxy) is 2. The quantitative estimate of drug-likeness (QED) is 0.736. The number of likely N-dealkylation sites (N-methyl/N-ethyl adjacent to an activating group) is 2. The third-order valence-electron chi connectivity index (χ3n) is 7.20. The Kier molecular flexibility index (Phi) is 5.53. The first-order valence-electron chi connectivity index (χ1n) is 11.6. The summed E-state index contributed by atoms with van der Waals surface area (Å²) in [4.78, 5) is 30.4. The van der Waals surface area contributed by atoms with Crippen LogP contribution in [0.15, 0.2) is 36.4 Å². The Hall–Kier alpha value is -3.02. The molecule has 2 atom stereocenters. The van der Waals surface area contributed by atoms with E-state index >= 15 is 0 Å². The Bertz CT molecular complexity index is 967. The molecule has 0 saturated heterocycles. The van der Waals surface area contributed by atoms with E-state index < -0.39 is 0 Å². The number of hydrogen-bond acceptors (Lipinski definition) is 4. The molecule has 3 aliphatic rings. The van der Waals surface area contributed by atoms with Crippen LogP contribution in [0.1, 0.15) is 57.5 Å². The maximum Gasteiger partial charge on any atom is 0.253 e. The molecule has 0 aromatic heterocycles. The van der Waals surface area contributed by atoms with Gasteiger partial charge in [0.2, 0.25) is 0 Å². The van der Waals surface area contributed by atoms with Crippen molar-refractivity contribution in [2.24, 2.45) is 0 Å². The maximum atomic E-state index is 13.3. The van der Waals surface area contributed by atoms with Crippen LogP contribution in [0.25, 0.3) is 0 Å². The van der Waals surface area contributed by atoms with Gasteiger partial charge in [0.05, 0.1) is 25.3 Å². The lowest BCUT2D eigenvalue weighted by molar-refractivity contribution is 0.0421. The molecule has 1 fully saturated rings. The lowest BCUT2D eigenvalue weighted by Gasteiger charge is -2.42. The minimum Gasteiger partial charge on any atom is -0.493 e. The minimum atomic E-state index is -0.00698. The van der Waals surface area contributed by atoms with Crippen LogP contribution in [0.5, 0.6) is 11.5 Å². The number of hydrogen-bond donors (Lipinski definition) is 0. The van der Waals surface area contributed by atoms with E-state index in [-0.39, 0.29) is 23.9 Å². The highest BCUT2D eigenvalue weighted by Crippen LogP contribution is 2.31. The van der Waals surface area contributed by atoms with Gasteiger partial charge in [0.25, 0.3) is 11.8 Å². The molecule has 1 aliphatic carbocycles. The van der Waals surface area contributed by atoms with E-state index in [1.807, 2.05) is 60.3 Å². The number of fused-ring (bicyclic) bond motifs is 2. The van der Waals surface area contributed by atoms with Crippen molar-refractivity contribution in [2.75, 3.05) is 27.3 Å². The molecule has 168 valence electrons. The van der Waals surface area contributed by atoms with Crippen molar-refractivity contribution in [1.29, 1.82) is 0 Å². The first kappa shape index (κ1) is 20.9. The summed E-state index contributed by atoms with van der Waals surface area (Å²) in [6.45, 7) is 1.35. The lowest BCUT2D eigenvalue weighted by Crippen LogP contribution is -2.54. The molecule has 0 N–H and O–H groups in total. The van der Waals surface area contributed by atoms with Gasteiger partial charge < -0.3 is 19.3 Å². The molecule has 2 aromatic rings. The minimum absolute atomic E-state index is 0.00660. The third kappa shape index (κ3) is 3.72. The predicted molar refractivity (Wildman–Crippen MR) is 122 cm³/mol. The Morgan fingerprint density at radius 2 is 1.19 bits per heavy atom. The number of benzene rings is 2. The van der Waals surface area contributed by atoms with Crippen LogP contribution in [0.4, 0.5) is 0 Å². The number of rotatable bonds is 4. The molecule has 0 unspecified atom stereocenters. The van der Waals surface area contributed by atoms with Crippen LogP contribution >= 0.6 is 0 Å². The molecule has 6 nitrogen and oxygen atoms in total. The van der Waals surface area contributed by atoms with Crippen molar-refractivity contribution in [3.05, 3.63) is 58.7 Å². The van der Waals surface area contributed by atoms with Crippen LogP contribution in [-0.2, 0) is 12.8 Å². The second-order valence-electron chi connectivity index (χ2n) is 9.09. The van der Waals surface area contributed by atoms with E-state index in [0.717, 1.165) is 61.2 Å². The Labute approximate surface area is 189 Å². The van der Waals surface area contributed by atoms with Crippen LogP contribution < -0.4 is 9.47 Å². The number of carbonyl (C=O) groups excluding carboxylic acids is 2. The zero-order valence-electron chi connectivity index (χ0n) is 18.8. The highest BCUT2D eigenvalue weighted by Gasteiger charge is 2.36. The summed E-state index contributed by atoms with van der Waals surface area (Å²) in [5, 5.41) is 0. The molecule has 0 spiro atoms. The van der Waals surface area contributed by atoms with E-state index in [2.05, 4.69) is 0 Å². The van der Waals surface area contributed by atoms with Gasteiger partial charge in [0.1, 0.15) is 11.5 Å². The fourth-order valence-electron chi connectivity index (χ4n) is 5.34. The average Bonchev–Trinajstić information content (AvgIpc) is 3.50. The Morgan fingerprint density at radius 1 is 0.750 bits per heavy atom. The summed E-state index contributed by atoms with van der Waals surface area (Å²) in [5.74, 6) is 1.77. The van der Waals surface area contributed by atoms with Gasteiger partial charge in [-0.25, -0.2) is 0 Å². The van der Waals surface area contributed by atoms with E-state index in [1.165, 1.54) is 0 Å². The molecule has 32 heavy (non-hydrogen) atoms. The molecule has 2 aliphatic heterocycles. The second-order valence-corrected chi connectivity index (χ2v) is 9.09. The van der Waals surface area contributed by atoms with E-state index in [0.29, 0.717) is 24.3 Å². The summed E-state index contributed by atoms with van der Waals surface area (Å²) in [6.07, 6.45) is 5.61. The maximum absolute atomic E-state index is 13.3. The highest BCUT2D eigenvalue weighted by molar-refractivity contribution is 5.96. The van der Waals surface area contributed by atoms with Crippen molar-refractivity contribution >= 4 is 11.8 Å². The fraction of sp³-hybridized carbons (Fsp3) is 0.462. The van der Waals surface area contributed by atoms with E-state index in [9.17, 15) is 9.59 Å².